The quantitative estimate of drug-likeness (QED) is 0.838. The van der Waals surface area contributed by atoms with E-state index in [0.717, 1.165) is 18.6 Å². The molecule has 2 fully saturated rings. The minimum absolute atomic E-state index is 0.0192. The first kappa shape index (κ1) is 15.5. The van der Waals surface area contributed by atoms with E-state index in [9.17, 15) is 13.2 Å². The molecule has 8 heteroatoms. The van der Waals surface area contributed by atoms with E-state index in [2.05, 4.69) is 10.0 Å². The van der Waals surface area contributed by atoms with Gasteiger partial charge in [0.05, 0.1) is 6.04 Å². The van der Waals surface area contributed by atoms with E-state index in [4.69, 9.17) is 4.42 Å². The molecule has 3 rings (SSSR count). The maximum absolute atomic E-state index is 12.5. The van der Waals surface area contributed by atoms with Gasteiger partial charge in [0.15, 0.2) is 0 Å². The number of carbonyl (C=O) groups is 1. The molecule has 0 aliphatic carbocycles. The summed E-state index contributed by atoms with van der Waals surface area (Å²) in [5.41, 5.74) is 0. The zero-order chi connectivity index (χ0) is 15.7. The van der Waals surface area contributed by atoms with Crippen molar-refractivity contribution in [3.63, 3.8) is 0 Å². The lowest BCUT2D eigenvalue weighted by Crippen LogP contribution is -2.45. The molecule has 3 heterocycles. The lowest BCUT2D eigenvalue weighted by Gasteiger charge is -2.23. The van der Waals surface area contributed by atoms with Gasteiger partial charge in [0.1, 0.15) is 11.5 Å². The van der Waals surface area contributed by atoms with Crippen LogP contribution in [-0.4, -0.2) is 37.8 Å². The van der Waals surface area contributed by atoms with Gasteiger partial charge in [0.2, 0.25) is 5.91 Å². The normalized spacial score (nSPS) is 26.5. The molecule has 122 valence electrons. The Morgan fingerprint density at radius 3 is 2.86 bits per heavy atom. The van der Waals surface area contributed by atoms with Crippen LogP contribution in [0.15, 0.2) is 16.5 Å². The highest BCUT2D eigenvalue weighted by molar-refractivity contribution is 7.87. The summed E-state index contributed by atoms with van der Waals surface area (Å²) in [6.45, 7) is 2.56. The van der Waals surface area contributed by atoms with Crippen molar-refractivity contribution in [3.05, 3.63) is 23.7 Å². The van der Waals surface area contributed by atoms with Crippen molar-refractivity contribution in [2.75, 3.05) is 13.1 Å². The number of nitrogens with one attached hydrogen (secondary N) is 2. The van der Waals surface area contributed by atoms with Crippen LogP contribution in [0, 0.1) is 6.92 Å². The fraction of sp³-hybridized carbons (Fsp3) is 0.643. The summed E-state index contributed by atoms with van der Waals surface area (Å²) < 4.78 is 34.7. The Kier molecular flexibility index (Phi) is 4.24. The third-order valence-corrected chi connectivity index (χ3v) is 5.79. The third-order valence-electron chi connectivity index (χ3n) is 4.20. The topological polar surface area (TPSA) is 91.7 Å². The van der Waals surface area contributed by atoms with Gasteiger partial charge in [-0.25, -0.2) is 4.72 Å². The minimum Gasteiger partial charge on any atom is -0.465 e. The maximum Gasteiger partial charge on any atom is 0.280 e. The summed E-state index contributed by atoms with van der Waals surface area (Å²) in [6.07, 6.45) is 2.70. The van der Waals surface area contributed by atoms with Crippen molar-refractivity contribution in [2.24, 2.45) is 0 Å². The molecule has 22 heavy (non-hydrogen) atoms. The van der Waals surface area contributed by atoms with E-state index < -0.39 is 10.2 Å². The van der Waals surface area contributed by atoms with Gasteiger partial charge in [0.25, 0.3) is 10.2 Å². The van der Waals surface area contributed by atoms with Crippen LogP contribution in [-0.2, 0) is 15.0 Å². The monoisotopic (exact) mass is 327 g/mol. The van der Waals surface area contributed by atoms with E-state index in [0.29, 0.717) is 25.1 Å². The largest absolute Gasteiger partial charge is 0.465 e. The molecular weight excluding hydrogens is 306 g/mol. The molecule has 1 aromatic rings. The van der Waals surface area contributed by atoms with Crippen LogP contribution < -0.4 is 10.0 Å². The van der Waals surface area contributed by atoms with Crippen molar-refractivity contribution < 1.29 is 17.6 Å². The zero-order valence-corrected chi connectivity index (χ0v) is 13.4. The van der Waals surface area contributed by atoms with Crippen LogP contribution in [0.1, 0.15) is 43.2 Å². The van der Waals surface area contributed by atoms with E-state index in [1.807, 2.05) is 19.1 Å². The highest BCUT2D eigenvalue weighted by Crippen LogP contribution is 2.34. The first-order valence-electron chi connectivity index (χ1n) is 7.58. The Morgan fingerprint density at radius 2 is 2.23 bits per heavy atom. The molecule has 7 nitrogen and oxygen atoms in total. The predicted octanol–water partition coefficient (Wildman–Crippen LogP) is 0.838. The average Bonchev–Trinajstić information content (AvgIpc) is 3.16. The molecule has 0 saturated carbocycles. The van der Waals surface area contributed by atoms with E-state index in [1.165, 1.54) is 4.31 Å². The molecule has 0 aromatic carbocycles. The van der Waals surface area contributed by atoms with Crippen LogP contribution in [0.3, 0.4) is 0 Å². The van der Waals surface area contributed by atoms with Gasteiger partial charge in [0, 0.05) is 25.6 Å². The van der Waals surface area contributed by atoms with Crippen LogP contribution in [0.25, 0.3) is 0 Å². The lowest BCUT2D eigenvalue weighted by molar-refractivity contribution is -0.119. The van der Waals surface area contributed by atoms with Crippen molar-refractivity contribution in [2.45, 2.75) is 44.7 Å². The molecule has 2 saturated heterocycles. The highest BCUT2D eigenvalue weighted by atomic mass is 32.2. The number of nitrogens with zero attached hydrogens (tertiary/aromatic N) is 1. The second-order valence-corrected chi connectivity index (χ2v) is 7.58. The third kappa shape index (κ3) is 3.18. The predicted molar refractivity (Wildman–Crippen MR) is 80.2 cm³/mol. The van der Waals surface area contributed by atoms with Crippen molar-refractivity contribution in [1.82, 2.24) is 14.3 Å². The van der Waals surface area contributed by atoms with Gasteiger partial charge >= 0.3 is 0 Å². The minimum atomic E-state index is -3.58. The van der Waals surface area contributed by atoms with Gasteiger partial charge in [-0.05, 0) is 38.3 Å². The van der Waals surface area contributed by atoms with Gasteiger partial charge in [-0.1, -0.05) is 0 Å². The molecule has 1 amide bonds. The van der Waals surface area contributed by atoms with Crippen molar-refractivity contribution in [1.29, 1.82) is 0 Å². The summed E-state index contributed by atoms with van der Waals surface area (Å²) in [5, 5.41) is 2.76. The second-order valence-electron chi connectivity index (χ2n) is 5.87. The standard InChI is InChI=1S/C14H21N3O4S/c1-10-4-6-13(21-10)12-3-2-8-17(12)22(19,20)15-9-11-5-7-14(18)16-11/h4,6,11-12,15H,2-3,5,7-9H2,1H3,(H,16,18)/t11-,12+/m1/s1. The molecule has 2 N–H and O–H groups in total. The van der Waals surface area contributed by atoms with Gasteiger partial charge < -0.3 is 9.73 Å². The summed E-state index contributed by atoms with van der Waals surface area (Å²) in [4.78, 5) is 11.2. The second kappa shape index (κ2) is 6.02. The molecule has 0 unspecified atom stereocenters. The Hall–Kier alpha value is -1.38. The zero-order valence-electron chi connectivity index (χ0n) is 12.5. The Balaban J connectivity index is 1.66. The van der Waals surface area contributed by atoms with Crippen molar-refractivity contribution in [3.8, 4) is 0 Å². The molecule has 2 aliphatic rings. The number of aryl methyl sites for hydroxylation is 1. The summed E-state index contributed by atoms with van der Waals surface area (Å²) in [6, 6.07) is 3.32. The number of carbonyl (C=O) groups excluding carboxylic acids is 1. The highest BCUT2D eigenvalue weighted by Gasteiger charge is 2.37. The number of rotatable bonds is 5. The SMILES string of the molecule is Cc1ccc([C@@H]2CCCN2S(=O)(=O)NC[C@H]2CCC(=O)N2)o1. The fourth-order valence-electron chi connectivity index (χ4n) is 3.06. The Morgan fingerprint density at radius 1 is 1.41 bits per heavy atom. The molecular formula is C14H21N3O4S. The van der Waals surface area contributed by atoms with Crippen molar-refractivity contribution >= 4 is 16.1 Å². The van der Waals surface area contributed by atoms with Gasteiger partial charge in [-0.3, -0.25) is 4.79 Å². The van der Waals surface area contributed by atoms with Gasteiger partial charge in [-0.15, -0.1) is 0 Å². The smallest absolute Gasteiger partial charge is 0.280 e. The average molecular weight is 327 g/mol. The van der Waals surface area contributed by atoms with Crippen LogP contribution >= 0.6 is 0 Å². The molecule has 0 bridgehead atoms. The van der Waals surface area contributed by atoms with Gasteiger partial charge in [-0.2, -0.15) is 12.7 Å². The number of hydrogen-bond acceptors (Lipinski definition) is 4. The molecule has 0 radical (unpaired) electrons. The maximum atomic E-state index is 12.5. The Labute approximate surface area is 130 Å². The number of hydrogen-bond donors (Lipinski definition) is 2. The first-order chi connectivity index (χ1) is 10.5. The molecule has 2 aliphatic heterocycles. The molecule has 1 aromatic heterocycles. The summed E-state index contributed by atoms with van der Waals surface area (Å²) >= 11 is 0. The fourth-order valence-corrected chi connectivity index (χ4v) is 4.56. The van der Waals surface area contributed by atoms with E-state index in [-0.39, 0.29) is 24.5 Å². The molecule has 0 spiro atoms. The van der Waals surface area contributed by atoms with Crippen LogP contribution in [0.2, 0.25) is 0 Å². The van der Waals surface area contributed by atoms with E-state index >= 15 is 0 Å². The summed E-state index contributed by atoms with van der Waals surface area (Å²) in [5.74, 6) is 1.45. The number of amides is 1. The molecule has 2 atom stereocenters. The summed E-state index contributed by atoms with van der Waals surface area (Å²) in [7, 11) is -3.58. The van der Waals surface area contributed by atoms with Crippen LogP contribution in [0.5, 0.6) is 0 Å². The lowest BCUT2D eigenvalue weighted by atomic mass is 10.2. The number of furan rings is 1. The van der Waals surface area contributed by atoms with Crippen LogP contribution in [0.4, 0.5) is 0 Å². The first-order valence-corrected chi connectivity index (χ1v) is 9.02. The van der Waals surface area contributed by atoms with E-state index in [1.54, 1.807) is 0 Å². The Bertz CT molecular complexity index is 655.